The minimum absolute atomic E-state index is 0.0241. The van der Waals surface area contributed by atoms with Gasteiger partial charge >= 0.3 is 6.01 Å². The second-order valence-electron chi connectivity index (χ2n) is 8.61. The van der Waals surface area contributed by atoms with E-state index < -0.39 is 5.82 Å². The molecule has 2 aliphatic rings. The van der Waals surface area contributed by atoms with E-state index in [0.29, 0.717) is 11.7 Å². The van der Waals surface area contributed by atoms with Gasteiger partial charge in [0, 0.05) is 18.2 Å². The molecule has 2 fully saturated rings. The molecule has 0 bridgehead atoms. The van der Waals surface area contributed by atoms with Crippen molar-refractivity contribution in [2.24, 2.45) is 5.92 Å². The predicted octanol–water partition coefficient (Wildman–Crippen LogP) is 4.68. The maximum atomic E-state index is 14.6. The van der Waals surface area contributed by atoms with Gasteiger partial charge in [-0.3, -0.25) is 4.79 Å². The highest BCUT2D eigenvalue weighted by molar-refractivity contribution is 5.92. The third kappa shape index (κ3) is 6.03. The van der Waals surface area contributed by atoms with Crippen LogP contribution in [0, 0.1) is 11.7 Å². The number of hydrogen-bond donors (Lipinski definition) is 2. The SMILES string of the molecule is O=C(Nc1ccc(-c2nnc(NCCCN3CCCCC3)o2)c(F)c1)C1CCCCC1. The molecule has 2 aromatic rings. The molecule has 1 aromatic heterocycles. The quantitative estimate of drug-likeness (QED) is 0.593. The molecule has 168 valence electrons. The van der Waals surface area contributed by atoms with Crippen LogP contribution >= 0.6 is 0 Å². The number of aromatic nitrogens is 2. The summed E-state index contributed by atoms with van der Waals surface area (Å²) in [6.45, 7) is 4.14. The summed E-state index contributed by atoms with van der Waals surface area (Å²) in [4.78, 5) is 14.9. The number of likely N-dealkylation sites (tertiary alicyclic amines) is 1. The Kier molecular flexibility index (Phi) is 7.51. The van der Waals surface area contributed by atoms with Crippen molar-refractivity contribution >= 4 is 17.6 Å². The van der Waals surface area contributed by atoms with Gasteiger partial charge in [0.25, 0.3) is 5.89 Å². The van der Waals surface area contributed by atoms with Gasteiger partial charge in [-0.25, -0.2) is 4.39 Å². The summed E-state index contributed by atoms with van der Waals surface area (Å²) in [5.41, 5.74) is 0.678. The van der Waals surface area contributed by atoms with Gasteiger partial charge in [-0.15, -0.1) is 5.10 Å². The normalized spacial score (nSPS) is 18.1. The first-order valence-electron chi connectivity index (χ1n) is 11.6. The van der Waals surface area contributed by atoms with Gasteiger partial charge in [-0.1, -0.05) is 30.8 Å². The summed E-state index contributed by atoms with van der Waals surface area (Å²) in [5, 5.41) is 13.9. The van der Waals surface area contributed by atoms with E-state index in [1.54, 1.807) is 12.1 Å². The minimum atomic E-state index is -0.498. The fourth-order valence-electron chi connectivity index (χ4n) is 4.46. The van der Waals surface area contributed by atoms with Crippen LogP contribution in [0.1, 0.15) is 57.8 Å². The summed E-state index contributed by atoms with van der Waals surface area (Å²) in [5.74, 6) is -0.375. The van der Waals surface area contributed by atoms with Crippen molar-refractivity contribution in [2.75, 3.05) is 36.8 Å². The van der Waals surface area contributed by atoms with E-state index in [2.05, 4.69) is 25.7 Å². The molecular formula is C23H32FN5O2. The zero-order valence-electron chi connectivity index (χ0n) is 18.0. The molecule has 0 unspecified atom stereocenters. The fraction of sp³-hybridized carbons (Fsp3) is 0.609. The molecule has 0 spiro atoms. The number of hydrogen-bond acceptors (Lipinski definition) is 6. The first-order valence-corrected chi connectivity index (χ1v) is 11.6. The van der Waals surface area contributed by atoms with Crippen LogP contribution in [0.15, 0.2) is 22.6 Å². The van der Waals surface area contributed by atoms with E-state index >= 15 is 0 Å². The molecule has 31 heavy (non-hydrogen) atoms. The summed E-state index contributed by atoms with van der Waals surface area (Å²) in [6.07, 6.45) is 10.1. The summed E-state index contributed by atoms with van der Waals surface area (Å²) in [6, 6.07) is 4.85. The van der Waals surface area contributed by atoms with E-state index in [1.807, 2.05) is 0 Å². The highest BCUT2D eigenvalue weighted by Gasteiger charge is 2.22. The topological polar surface area (TPSA) is 83.3 Å². The Labute approximate surface area is 182 Å². The van der Waals surface area contributed by atoms with Gasteiger partial charge in [0.1, 0.15) is 5.82 Å². The van der Waals surface area contributed by atoms with Crippen LogP contribution in [0.4, 0.5) is 16.1 Å². The highest BCUT2D eigenvalue weighted by atomic mass is 19.1. The fourth-order valence-corrected chi connectivity index (χ4v) is 4.46. The number of nitrogens with zero attached hydrogens (tertiary/aromatic N) is 3. The van der Waals surface area contributed by atoms with Crippen LogP contribution in [-0.4, -0.2) is 47.2 Å². The van der Waals surface area contributed by atoms with Crippen LogP contribution in [0.2, 0.25) is 0 Å². The van der Waals surface area contributed by atoms with Crippen molar-refractivity contribution in [3.63, 3.8) is 0 Å². The lowest BCUT2D eigenvalue weighted by molar-refractivity contribution is -0.120. The van der Waals surface area contributed by atoms with Crippen molar-refractivity contribution in [3.05, 3.63) is 24.0 Å². The van der Waals surface area contributed by atoms with Gasteiger partial charge < -0.3 is 20.0 Å². The lowest BCUT2D eigenvalue weighted by Crippen LogP contribution is -2.31. The Morgan fingerprint density at radius 3 is 2.65 bits per heavy atom. The van der Waals surface area contributed by atoms with Crippen molar-refractivity contribution in [2.45, 2.75) is 57.8 Å². The van der Waals surface area contributed by atoms with Gasteiger partial charge in [-0.2, -0.15) is 0 Å². The maximum absolute atomic E-state index is 14.6. The number of carbonyl (C=O) groups excluding carboxylic acids is 1. The Morgan fingerprint density at radius 2 is 1.87 bits per heavy atom. The van der Waals surface area contributed by atoms with Crippen LogP contribution in [0.25, 0.3) is 11.5 Å². The molecule has 2 N–H and O–H groups in total. The Morgan fingerprint density at radius 1 is 1.10 bits per heavy atom. The Bertz CT molecular complexity index is 859. The molecule has 8 heteroatoms. The second kappa shape index (κ2) is 10.7. The number of rotatable bonds is 8. The maximum Gasteiger partial charge on any atom is 0.315 e. The van der Waals surface area contributed by atoms with Crippen molar-refractivity contribution in [1.82, 2.24) is 15.1 Å². The first kappa shape index (κ1) is 21.7. The van der Waals surface area contributed by atoms with Crippen molar-refractivity contribution < 1.29 is 13.6 Å². The zero-order chi connectivity index (χ0) is 21.5. The predicted molar refractivity (Wildman–Crippen MR) is 118 cm³/mol. The lowest BCUT2D eigenvalue weighted by atomic mass is 9.88. The van der Waals surface area contributed by atoms with Crippen molar-refractivity contribution in [1.29, 1.82) is 0 Å². The number of carbonyl (C=O) groups is 1. The van der Waals surface area contributed by atoms with Gasteiger partial charge in [0.2, 0.25) is 5.91 Å². The van der Waals surface area contributed by atoms with E-state index in [0.717, 1.165) is 45.2 Å². The number of piperidine rings is 1. The molecule has 0 atom stereocenters. The molecule has 1 aliphatic carbocycles. The van der Waals surface area contributed by atoms with Crippen LogP contribution in [0.3, 0.4) is 0 Å². The number of nitrogens with one attached hydrogen (secondary N) is 2. The third-order valence-electron chi connectivity index (χ3n) is 6.24. The molecule has 1 amide bonds. The molecule has 1 saturated heterocycles. The molecule has 2 heterocycles. The molecule has 1 saturated carbocycles. The Hall–Kier alpha value is -2.48. The number of halogens is 1. The Balaban J connectivity index is 1.28. The molecule has 7 nitrogen and oxygen atoms in total. The van der Waals surface area contributed by atoms with E-state index in [4.69, 9.17) is 4.42 Å². The van der Waals surface area contributed by atoms with Crippen molar-refractivity contribution in [3.8, 4) is 11.5 Å². The van der Waals surface area contributed by atoms with Gasteiger partial charge in [-0.05, 0) is 69.9 Å². The van der Waals surface area contributed by atoms with Gasteiger partial charge in [0.15, 0.2) is 0 Å². The highest BCUT2D eigenvalue weighted by Crippen LogP contribution is 2.28. The first-order chi connectivity index (χ1) is 15.2. The molecule has 4 rings (SSSR count). The second-order valence-corrected chi connectivity index (χ2v) is 8.61. The zero-order valence-corrected chi connectivity index (χ0v) is 18.0. The standard InChI is InChI=1S/C23H32FN5O2/c24-20-16-18(26-21(30)17-8-3-1-4-9-17)10-11-19(20)22-27-28-23(31-22)25-12-7-15-29-13-5-2-6-14-29/h10-11,16-17H,1-9,12-15H2,(H,25,28)(H,26,30). The van der Waals surface area contributed by atoms with E-state index in [9.17, 15) is 9.18 Å². The molecule has 1 aliphatic heterocycles. The third-order valence-corrected chi connectivity index (χ3v) is 6.24. The molecule has 0 radical (unpaired) electrons. The summed E-state index contributed by atoms with van der Waals surface area (Å²) in [7, 11) is 0. The average molecular weight is 430 g/mol. The summed E-state index contributed by atoms with van der Waals surface area (Å²) >= 11 is 0. The van der Waals surface area contributed by atoms with Crippen LogP contribution in [0.5, 0.6) is 0 Å². The van der Waals surface area contributed by atoms with Gasteiger partial charge in [0.05, 0.1) is 5.56 Å². The number of amides is 1. The van der Waals surface area contributed by atoms with Crippen LogP contribution < -0.4 is 10.6 Å². The van der Waals surface area contributed by atoms with E-state index in [-0.39, 0.29) is 23.3 Å². The average Bonchev–Trinajstić information content (AvgIpc) is 3.27. The largest absolute Gasteiger partial charge is 0.403 e. The van der Waals surface area contributed by atoms with Crippen LogP contribution in [-0.2, 0) is 4.79 Å². The lowest BCUT2D eigenvalue weighted by Gasteiger charge is -2.26. The number of benzene rings is 1. The number of anilines is 2. The minimum Gasteiger partial charge on any atom is -0.403 e. The monoisotopic (exact) mass is 429 g/mol. The van der Waals surface area contributed by atoms with E-state index in [1.165, 1.54) is 44.8 Å². The smallest absolute Gasteiger partial charge is 0.315 e. The molecule has 1 aromatic carbocycles. The molecular weight excluding hydrogens is 397 g/mol. The summed E-state index contributed by atoms with van der Waals surface area (Å²) < 4.78 is 20.2.